The second-order valence-electron chi connectivity index (χ2n) is 6.84. The highest BCUT2D eigenvalue weighted by molar-refractivity contribution is 7.10. The summed E-state index contributed by atoms with van der Waals surface area (Å²) in [5, 5.41) is 20.6. The summed E-state index contributed by atoms with van der Waals surface area (Å²) in [4.78, 5) is 29.2. The third-order valence-corrected chi connectivity index (χ3v) is 6.26. The lowest BCUT2D eigenvalue weighted by Gasteiger charge is -2.34. The van der Waals surface area contributed by atoms with Crippen molar-refractivity contribution < 1.29 is 9.72 Å². The maximum absolute atomic E-state index is 13.2. The highest BCUT2D eigenvalue weighted by Gasteiger charge is 2.39. The number of nitro benzene ring substituents is 1. The molecule has 8 nitrogen and oxygen atoms in total. The van der Waals surface area contributed by atoms with E-state index in [0.29, 0.717) is 17.9 Å². The summed E-state index contributed by atoms with van der Waals surface area (Å²) in [6.45, 7) is 0. The fourth-order valence-electron chi connectivity index (χ4n) is 3.96. The Hall–Kier alpha value is -3.33. The summed E-state index contributed by atoms with van der Waals surface area (Å²) in [6, 6.07) is 9.90. The Labute approximate surface area is 163 Å². The van der Waals surface area contributed by atoms with Gasteiger partial charge in [0.15, 0.2) is 5.78 Å². The minimum atomic E-state index is -0.439. The number of thiophene rings is 1. The molecule has 3 aromatic rings. The molecule has 28 heavy (non-hydrogen) atoms. The van der Waals surface area contributed by atoms with Gasteiger partial charge in [-0.2, -0.15) is 10.1 Å². The van der Waals surface area contributed by atoms with Crippen LogP contribution in [-0.4, -0.2) is 25.5 Å². The van der Waals surface area contributed by atoms with E-state index in [2.05, 4.69) is 21.5 Å². The summed E-state index contributed by atoms with van der Waals surface area (Å²) < 4.78 is 1.67. The molecule has 0 amide bonds. The number of carbonyl (C=O) groups excluding carboxylic acids is 1. The highest BCUT2D eigenvalue weighted by atomic mass is 32.1. The number of hydrogen-bond donors (Lipinski definition) is 1. The second-order valence-corrected chi connectivity index (χ2v) is 7.82. The first-order valence-electron chi connectivity index (χ1n) is 8.82. The van der Waals surface area contributed by atoms with Gasteiger partial charge in [0.1, 0.15) is 12.4 Å². The number of nitrogens with one attached hydrogen (secondary N) is 1. The van der Waals surface area contributed by atoms with Crippen LogP contribution in [0.5, 0.6) is 0 Å². The van der Waals surface area contributed by atoms with Crippen molar-refractivity contribution >= 4 is 28.8 Å². The van der Waals surface area contributed by atoms with Gasteiger partial charge in [0.25, 0.3) is 5.69 Å². The standard InChI is InChI=1S/C19H15N5O3S/c25-15-9-12(16-2-1-7-28-16)8-14-17(15)18(23-19(22-14)20-10-21-23)11-3-5-13(6-4-11)24(26)27/h1-7,10,12,18H,8-9H2,(H,20,21,22)/t12-,18-/m0/s1. The molecule has 0 spiro atoms. The molecule has 1 aliphatic carbocycles. The lowest BCUT2D eigenvalue weighted by atomic mass is 9.80. The lowest BCUT2D eigenvalue weighted by molar-refractivity contribution is -0.384. The van der Waals surface area contributed by atoms with Gasteiger partial charge in [0.2, 0.25) is 5.95 Å². The average molecular weight is 393 g/mol. The van der Waals surface area contributed by atoms with E-state index in [4.69, 9.17) is 0 Å². The first-order chi connectivity index (χ1) is 13.6. The molecule has 1 aromatic carbocycles. The van der Waals surface area contributed by atoms with Crippen LogP contribution in [0.15, 0.2) is 59.4 Å². The monoisotopic (exact) mass is 393 g/mol. The Kier molecular flexibility index (Phi) is 3.83. The molecule has 1 N–H and O–H groups in total. The molecular formula is C19H15N5O3S. The van der Waals surface area contributed by atoms with E-state index >= 15 is 0 Å². The summed E-state index contributed by atoms with van der Waals surface area (Å²) in [7, 11) is 0. The Morgan fingerprint density at radius 3 is 2.75 bits per heavy atom. The quantitative estimate of drug-likeness (QED) is 0.538. The number of carbonyl (C=O) groups is 1. The molecule has 0 radical (unpaired) electrons. The van der Waals surface area contributed by atoms with Crippen molar-refractivity contribution in [1.29, 1.82) is 0 Å². The number of nitrogens with zero attached hydrogens (tertiary/aromatic N) is 4. The zero-order chi connectivity index (χ0) is 19.3. The van der Waals surface area contributed by atoms with Crippen molar-refractivity contribution in [2.75, 3.05) is 5.32 Å². The van der Waals surface area contributed by atoms with Gasteiger partial charge in [-0.05, 0) is 35.6 Å². The molecule has 1 aliphatic heterocycles. The van der Waals surface area contributed by atoms with Crippen molar-refractivity contribution in [3.8, 4) is 0 Å². The lowest BCUT2D eigenvalue weighted by Crippen LogP contribution is -2.33. The molecule has 9 heteroatoms. The van der Waals surface area contributed by atoms with Crippen molar-refractivity contribution in [3.63, 3.8) is 0 Å². The number of benzene rings is 1. The van der Waals surface area contributed by atoms with E-state index < -0.39 is 11.0 Å². The van der Waals surface area contributed by atoms with E-state index in [-0.39, 0.29) is 17.4 Å². The Morgan fingerprint density at radius 2 is 2.04 bits per heavy atom. The summed E-state index contributed by atoms with van der Waals surface area (Å²) in [5.41, 5.74) is 2.31. The molecule has 2 atom stereocenters. The zero-order valence-corrected chi connectivity index (χ0v) is 15.4. The Bertz CT molecular complexity index is 1100. The number of rotatable bonds is 3. The molecule has 0 unspecified atom stereocenters. The van der Waals surface area contributed by atoms with Crippen LogP contribution in [-0.2, 0) is 4.79 Å². The van der Waals surface area contributed by atoms with Crippen molar-refractivity contribution in [1.82, 2.24) is 14.8 Å². The number of Topliss-reactive ketones (excluding diaryl/α,β-unsaturated/α-hetero) is 1. The number of aromatic nitrogens is 3. The van der Waals surface area contributed by atoms with Crippen LogP contribution < -0.4 is 5.32 Å². The molecule has 0 saturated carbocycles. The third kappa shape index (κ3) is 2.63. The zero-order valence-electron chi connectivity index (χ0n) is 14.6. The van der Waals surface area contributed by atoms with E-state index in [1.807, 2.05) is 11.4 Å². The number of ketones is 1. The predicted molar refractivity (Wildman–Crippen MR) is 103 cm³/mol. The largest absolute Gasteiger partial charge is 0.328 e. The van der Waals surface area contributed by atoms with Gasteiger partial charge < -0.3 is 5.32 Å². The maximum Gasteiger partial charge on any atom is 0.269 e. The summed E-state index contributed by atoms with van der Waals surface area (Å²) in [6.07, 6.45) is 2.60. The van der Waals surface area contributed by atoms with Crippen LogP contribution in [0.2, 0.25) is 0 Å². The topological polar surface area (TPSA) is 103 Å². The van der Waals surface area contributed by atoms with Crippen LogP contribution in [0.3, 0.4) is 0 Å². The van der Waals surface area contributed by atoms with Gasteiger partial charge in [-0.25, -0.2) is 4.68 Å². The molecule has 0 fully saturated rings. The SMILES string of the molecule is O=C1C[C@@H](c2cccs2)CC2=C1[C@H](c1ccc([N+](=O)[O-])cc1)n1ncnc1N2. The first-order valence-corrected chi connectivity index (χ1v) is 9.70. The summed E-state index contributed by atoms with van der Waals surface area (Å²) in [5.74, 6) is 0.782. The number of allylic oxidation sites excluding steroid dienone is 2. The van der Waals surface area contributed by atoms with E-state index in [1.54, 1.807) is 28.2 Å². The van der Waals surface area contributed by atoms with E-state index in [9.17, 15) is 14.9 Å². The van der Waals surface area contributed by atoms with E-state index in [1.165, 1.54) is 23.3 Å². The number of fused-ring (bicyclic) bond motifs is 1. The fraction of sp³-hybridized carbons (Fsp3) is 0.211. The number of hydrogen-bond acceptors (Lipinski definition) is 7. The molecule has 5 rings (SSSR count). The van der Waals surface area contributed by atoms with Crippen LogP contribution in [0.25, 0.3) is 0 Å². The maximum atomic E-state index is 13.2. The number of anilines is 1. The normalized spacial score (nSPS) is 21.1. The molecule has 0 saturated heterocycles. The van der Waals surface area contributed by atoms with Gasteiger partial charge in [-0.1, -0.05) is 6.07 Å². The molecule has 0 bridgehead atoms. The average Bonchev–Trinajstić information content (AvgIpc) is 3.38. The molecule has 140 valence electrons. The molecule has 2 aromatic heterocycles. The van der Waals surface area contributed by atoms with Gasteiger partial charge in [0, 0.05) is 40.6 Å². The summed E-state index contributed by atoms with van der Waals surface area (Å²) >= 11 is 1.66. The minimum Gasteiger partial charge on any atom is -0.328 e. The first kappa shape index (κ1) is 16.8. The molecule has 3 heterocycles. The van der Waals surface area contributed by atoms with Crippen molar-refractivity contribution in [2.24, 2.45) is 0 Å². The van der Waals surface area contributed by atoms with Gasteiger partial charge in [-0.15, -0.1) is 11.3 Å². The Balaban J connectivity index is 1.59. The third-order valence-electron chi connectivity index (χ3n) is 5.23. The van der Waals surface area contributed by atoms with Gasteiger partial charge in [-0.3, -0.25) is 14.9 Å². The number of non-ortho nitro benzene ring substituents is 1. The van der Waals surface area contributed by atoms with Crippen LogP contribution >= 0.6 is 11.3 Å². The van der Waals surface area contributed by atoms with Crippen molar-refractivity contribution in [2.45, 2.75) is 24.8 Å². The fourth-order valence-corrected chi connectivity index (χ4v) is 4.79. The van der Waals surface area contributed by atoms with Gasteiger partial charge in [0.05, 0.1) is 4.92 Å². The predicted octanol–water partition coefficient (Wildman–Crippen LogP) is 3.66. The smallest absolute Gasteiger partial charge is 0.269 e. The number of nitro groups is 1. The highest BCUT2D eigenvalue weighted by Crippen LogP contribution is 2.44. The Morgan fingerprint density at radius 1 is 1.21 bits per heavy atom. The van der Waals surface area contributed by atoms with Gasteiger partial charge >= 0.3 is 0 Å². The minimum absolute atomic E-state index is 0.0124. The molecular weight excluding hydrogens is 378 g/mol. The van der Waals surface area contributed by atoms with Crippen LogP contribution in [0, 0.1) is 10.1 Å². The van der Waals surface area contributed by atoms with Crippen molar-refractivity contribution in [3.05, 3.63) is 79.9 Å². The van der Waals surface area contributed by atoms with Crippen LogP contribution in [0.1, 0.15) is 35.2 Å². The van der Waals surface area contributed by atoms with E-state index in [0.717, 1.165) is 17.7 Å². The van der Waals surface area contributed by atoms with Crippen LogP contribution in [0.4, 0.5) is 11.6 Å². The second kappa shape index (κ2) is 6.38. The molecule has 2 aliphatic rings.